The molecule has 0 saturated carbocycles. The quantitative estimate of drug-likeness (QED) is 0.0819. The van der Waals surface area contributed by atoms with Crippen molar-refractivity contribution in [3.8, 4) is 0 Å². The maximum atomic E-state index is 10.6. The van der Waals surface area contributed by atoms with Gasteiger partial charge in [-0.2, -0.15) is 0 Å². The summed E-state index contributed by atoms with van der Waals surface area (Å²) in [6.45, 7) is 9.31. The van der Waals surface area contributed by atoms with Crippen molar-refractivity contribution in [3.63, 3.8) is 0 Å². The van der Waals surface area contributed by atoms with Crippen LogP contribution in [0.1, 0.15) is 150 Å². The first kappa shape index (κ1) is 62.0. The minimum Gasteiger partial charge on any atom is -0.855 e. The van der Waals surface area contributed by atoms with Gasteiger partial charge in [0, 0.05) is 0 Å². The van der Waals surface area contributed by atoms with E-state index in [-0.39, 0.29) is 57.1 Å². The van der Waals surface area contributed by atoms with Crippen molar-refractivity contribution in [1.82, 2.24) is 24.6 Å². The van der Waals surface area contributed by atoms with Crippen molar-refractivity contribution in [2.24, 2.45) is 0 Å². The molecule has 17 N–H and O–H groups in total. The second kappa shape index (κ2) is 61.1. The first-order chi connectivity index (χ1) is 19.3. The largest absolute Gasteiger partial charge is 0.855 e. The second-order valence-corrected chi connectivity index (χ2v) is 9.89. The van der Waals surface area contributed by atoms with Crippen LogP contribution in [-0.2, 0) is 14.3 Å². The molecule has 12 heteroatoms. The van der Waals surface area contributed by atoms with Gasteiger partial charge in [-0.1, -0.05) is 137 Å². The lowest BCUT2D eigenvalue weighted by Gasteiger charge is -2.20. The molecular weight excluding hydrogens is 568 g/mol. The molecule has 0 aromatic carbocycles. The predicted octanol–water partition coefficient (Wildman–Crippen LogP) is 5.17. The molecule has 278 valence electrons. The Labute approximate surface area is 272 Å². The molecular formula is C32H82N4O8. The molecule has 2 atom stereocenters. The highest BCUT2D eigenvalue weighted by Crippen LogP contribution is 2.14. The van der Waals surface area contributed by atoms with Crippen LogP contribution in [0.4, 0.5) is 0 Å². The van der Waals surface area contributed by atoms with Gasteiger partial charge in [-0.3, -0.25) is 0 Å². The monoisotopic (exact) mass is 651 g/mol. The summed E-state index contributed by atoms with van der Waals surface area (Å²) in [5, 5.41) is 47.6. The molecule has 44 heavy (non-hydrogen) atoms. The minimum atomic E-state index is -1.21. The lowest BCUT2D eigenvalue weighted by atomic mass is 10.1. The highest BCUT2D eigenvalue weighted by Gasteiger charge is 2.13. The van der Waals surface area contributed by atoms with E-state index in [4.69, 9.17) is 24.8 Å². The van der Waals surface area contributed by atoms with Gasteiger partial charge in [-0.15, -0.1) is 19.8 Å². The van der Waals surface area contributed by atoms with E-state index in [1.165, 1.54) is 83.5 Å². The second-order valence-electron chi connectivity index (χ2n) is 9.89. The fraction of sp³-hybridized carbons (Fsp3) is 0.969. The average molecular weight is 651 g/mol. The van der Waals surface area contributed by atoms with Crippen molar-refractivity contribution in [1.29, 1.82) is 0 Å². The Bertz CT molecular complexity index is 438. The molecule has 0 spiro atoms. The molecule has 0 bridgehead atoms. The molecule has 0 aromatic rings. The van der Waals surface area contributed by atoms with E-state index in [1.807, 2.05) is 0 Å². The van der Waals surface area contributed by atoms with Crippen LogP contribution in [0.3, 0.4) is 0 Å². The zero-order valence-electron chi connectivity index (χ0n) is 30.9. The van der Waals surface area contributed by atoms with Crippen LogP contribution in [0.15, 0.2) is 0 Å². The van der Waals surface area contributed by atoms with Crippen LogP contribution in [0.25, 0.3) is 0 Å². The number of rotatable bonds is 25. The summed E-state index contributed by atoms with van der Waals surface area (Å²) in [6.07, 6.45) is 21.0. The minimum absolute atomic E-state index is 0. The van der Waals surface area contributed by atoms with Gasteiger partial charge in [0.15, 0.2) is 0 Å². The molecule has 0 aliphatic heterocycles. The lowest BCUT2D eigenvalue weighted by Crippen LogP contribution is -2.31. The molecule has 0 amide bonds. The molecule has 0 aromatic heterocycles. The van der Waals surface area contributed by atoms with Crippen LogP contribution in [0.2, 0.25) is 0 Å². The van der Waals surface area contributed by atoms with Gasteiger partial charge in [0.2, 0.25) is 0 Å². The highest BCUT2D eigenvalue weighted by atomic mass is 16.5. The Hall–Kier alpha value is -0.930. The van der Waals surface area contributed by atoms with Crippen molar-refractivity contribution in [2.75, 3.05) is 39.6 Å². The number of aliphatic carboxylic acids is 1. The Morgan fingerprint density at radius 1 is 0.568 bits per heavy atom. The van der Waals surface area contributed by atoms with Gasteiger partial charge in [0.25, 0.3) is 0 Å². The van der Waals surface area contributed by atoms with E-state index in [0.29, 0.717) is 6.61 Å². The van der Waals surface area contributed by atoms with E-state index >= 15 is 0 Å². The van der Waals surface area contributed by atoms with Crippen molar-refractivity contribution in [3.05, 3.63) is 0 Å². The number of aliphatic hydroxyl groups is 1. The van der Waals surface area contributed by atoms with Crippen molar-refractivity contribution < 1.29 is 39.8 Å². The molecule has 2 unspecified atom stereocenters. The molecule has 0 rings (SSSR count). The smallest absolute Gasteiger partial charge is 0.0862 e. The number of ether oxygens (including phenoxy) is 2. The number of unbranched alkanes of at least 4 members (excludes halogenated alkanes) is 14. The van der Waals surface area contributed by atoms with E-state index in [9.17, 15) is 15.0 Å². The van der Waals surface area contributed by atoms with Gasteiger partial charge < -0.3 is 64.4 Å². The number of aliphatic hydroxyl groups excluding tert-OH is 1. The first-order valence-electron chi connectivity index (χ1n) is 16.2. The zero-order valence-corrected chi connectivity index (χ0v) is 30.9. The molecule has 0 radical (unpaired) electrons. The van der Waals surface area contributed by atoms with E-state index in [1.54, 1.807) is 20.8 Å². The maximum Gasteiger partial charge on any atom is 0.0862 e. The Morgan fingerprint density at radius 3 is 1.23 bits per heavy atom. The Balaban J connectivity index is -0.000000147. The third kappa shape index (κ3) is 72.9. The summed E-state index contributed by atoms with van der Waals surface area (Å²) in [4.78, 5) is 10.6. The summed E-state index contributed by atoms with van der Waals surface area (Å²) < 4.78 is 11.1. The number of carboxylic acid groups (broad SMARTS) is 1. The SMILES string of the molecule is CCCCCCCCCCC(O)COC(CCCCCCCCCC)COCC(=O)[O-].CC[O-].CC[O-].CC[O-].[NH4+].[NH4+].[NH4+].[NH4+]. The number of carboxylic acids is 1. The summed E-state index contributed by atoms with van der Waals surface area (Å²) in [5.74, 6) is -1.21. The molecule has 0 heterocycles. The van der Waals surface area contributed by atoms with Crippen molar-refractivity contribution in [2.45, 2.75) is 162 Å². The summed E-state index contributed by atoms with van der Waals surface area (Å²) in [5.41, 5.74) is 0. The zero-order chi connectivity index (χ0) is 31.1. The van der Waals surface area contributed by atoms with Crippen LogP contribution in [-0.4, -0.2) is 62.9 Å². The molecule has 0 fully saturated rings. The molecule has 0 aliphatic rings. The van der Waals surface area contributed by atoms with Crippen LogP contribution in [0, 0.1) is 0 Å². The Kier molecular flexibility index (Phi) is 86.1. The van der Waals surface area contributed by atoms with Gasteiger partial charge in [0.1, 0.15) is 0 Å². The van der Waals surface area contributed by atoms with Gasteiger partial charge in [-0.25, -0.2) is 0 Å². The highest BCUT2D eigenvalue weighted by molar-refractivity contribution is 5.65. The Morgan fingerprint density at radius 2 is 0.886 bits per heavy atom. The summed E-state index contributed by atoms with van der Waals surface area (Å²) >= 11 is 0. The number of carbonyl (C=O) groups is 1. The molecule has 12 nitrogen and oxygen atoms in total. The molecule has 0 saturated heterocycles. The van der Waals surface area contributed by atoms with Gasteiger partial charge >= 0.3 is 0 Å². The topological polar surface area (TPSA) is 294 Å². The fourth-order valence-corrected chi connectivity index (χ4v) is 3.84. The number of hydrogen-bond donors (Lipinski definition) is 5. The van der Waals surface area contributed by atoms with Crippen LogP contribution >= 0.6 is 0 Å². The first-order valence-corrected chi connectivity index (χ1v) is 16.2. The summed E-state index contributed by atoms with van der Waals surface area (Å²) in [7, 11) is 0. The van der Waals surface area contributed by atoms with Gasteiger partial charge in [-0.05, 0) is 12.8 Å². The van der Waals surface area contributed by atoms with Crippen LogP contribution in [0.5, 0.6) is 0 Å². The van der Waals surface area contributed by atoms with E-state index in [2.05, 4.69) is 13.8 Å². The van der Waals surface area contributed by atoms with E-state index in [0.717, 1.165) is 32.1 Å². The van der Waals surface area contributed by atoms with E-state index < -0.39 is 18.7 Å². The fourth-order valence-electron chi connectivity index (χ4n) is 3.84. The third-order valence-electron chi connectivity index (χ3n) is 5.82. The lowest BCUT2D eigenvalue weighted by molar-refractivity contribution is -0.362. The van der Waals surface area contributed by atoms with Crippen molar-refractivity contribution >= 4 is 5.97 Å². The number of hydrogen-bond acceptors (Lipinski definition) is 8. The van der Waals surface area contributed by atoms with Crippen LogP contribution < -0.4 is 45.0 Å². The molecule has 0 aliphatic carbocycles. The summed E-state index contributed by atoms with van der Waals surface area (Å²) in [6, 6.07) is 0. The standard InChI is InChI=1S/C26H52O5.3C2H5O.4H3N/c1-3-5-7-9-11-13-15-17-19-24(27)21-31-25(22-30-23-26(28)29)20-18-16-14-12-10-8-6-4-2;3*1-2-3;;;;/h24-25,27H,3-23H2,1-2H3,(H,28,29);3*2H2,1H3;4*1H3/q;3*-1;;;;/p+3. The predicted molar refractivity (Wildman–Crippen MR) is 182 cm³/mol. The third-order valence-corrected chi connectivity index (χ3v) is 5.82. The normalized spacial score (nSPS) is 10.7. The maximum absolute atomic E-state index is 10.6. The van der Waals surface area contributed by atoms with Gasteiger partial charge in [0.05, 0.1) is 38.0 Å². The average Bonchev–Trinajstić information content (AvgIpc) is 2.91. The number of carbonyl (C=O) groups excluding carboxylic acids is 1. The number of quaternary nitrogens is 4.